The molecule has 0 saturated heterocycles. The predicted molar refractivity (Wildman–Crippen MR) is 68.5 cm³/mol. The number of methoxy groups -OCH3 is 1. The molecule has 98 valence electrons. The van der Waals surface area contributed by atoms with Gasteiger partial charge in [-0.05, 0) is 17.7 Å². The third-order valence-corrected chi connectivity index (χ3v) is 4.35. The lowest BCUT2D eigenvalue weighted by Crippen LogP contribution is -2.32. The smallest absolute Gasteiger partial charge is 0.219 e. The Balaban J connectivity index is 2.91. The van der Waals surface area contributed by atoms with Gasteiger partial charge in [-0.1, -0.05) is 19.1 Å². The molecule has 0 fully saturated rings. The van der Waals surface area contributed by atoms with Gasteiger partial charge in [-0.3, -0.25) is 0 Å². The number of benzene rings is 1. The maximum absolute atomic E-state index is 12.1. The molecule has 0 aromatic heterocycles. The van der Waals surface area contributed by atoms with Crippen LogP contribution in [0.4, 0.5) is 0 Å². The highest BCUT2D eigenvalue weighted by atomic mass is 32.2. The molecule has 0 aliphatic carbocycles. The second-order valence-electron chi connectivity index (χ2n) is 3.69. The Morgan fingerprint density at radius 1 is 1.44 bits per heavy atom. The van der Waals surface area contributed by atoms with Crippen LogP contribution in [0.5, 0.6) is 5.75 Å². The van der Waals surface area contributed by atoms with E-state index in [1.165, 1.54) is 7.11 Å². The Labute approximate surface area is 108 Å². The van der Waals surface area contributed by atoms with Gasteiger partial charge < -0.3 is 4.74 Å². The average Bonchev–Trinajstić information content (AvgIpc) is 2.35. The lowest BCUT2D eigenvalue weighted by atomic mass is 10.2. The second-order valence-corrected chi connectivity index (χ2v) is 5.66. The molecule has 0 atom stereocenters. The highest BCUT2D eigenvalue weighted by Crippen LogP contribution is 2.16. The lowest BCUT2D eigenvalue weighted by molar-refractivity contribution is 0.414. The van der Waals surface area contributed by atoms with E-state index in [2.05, 4.69) is 0 Å². The molecule has 0 bridgehead atoms. The van der Waals surface area contributed by atoms with Crippen LogP contribution in [0.1, 0.15) is 12.5 Å². The summed E-state index contributed by atoms with van der Waals surface area (Å²) in [4.78, 5) is 0. The van der Waals surface area contributed by atoms with Crippen molar-refractivity contribution in [2.45, 2.75) is 12.7 Å². The summed E-state index contributed by atoms with van der Waals surface area (Å²) >= 11 is 0. The molecule has 5 nitrogen and oxygen atoms in total. The highest BCUT2D eigenvalue weighted by Gasteiger charge is 2.20. The van der Waals surface area contributed by atoms with Crippen molar-refractivity contribution in [3.63, 3.8) is 0 Å². The summed E-state index contributed by atoms with van der Waals surface area (Å²) in [5.74, 6) is 0.491. The SMILES string of the molecule is CCN(CC#N)S(=O)(=O)Cc1cccc(OC)c1. The zero-order valence-electron chi connectivity index (χ0n) is 10.5. The monoisotopic (exact) mass is 268 g/mol. The molecule has 1 aromatic rings. The minimum Gasteiger partial charge on any atom is -0.497 e. The van der Waals surface area contributed by atoms with E-state index in [-0.39, 0.29) is 12.3 Å². The first kappa shape index (κ1) is 14.5. The van der Waals surface area contributed by atoms with Gasteiger partial charge >= 0.3 is 0 Å². The number of ether oxygens (including phenoxy) is 1. The second kappa shape index (κ2) is 6.38. The number of rotatable bonds is 6. The highest BCUT2D eigenvalue weighted by molar-refractivity contribution is 7.88. The molecule has 0 aliphatic rings. The molecule has 1 aromatic carbocycles. The Bertz CT molecular complexity index is 534. The van der Waals surface area contributed by atoms with Crippen molar-refractivity contribution in [1.82, 2.24) is 4.31 Å². The van der Waals surface area contributed by atoms with E-state index in [9.17, 15) is 8.42 Å². The summed E-state index contributed by atoms with van der Waals surface area (Å²) in [6, 6.07) is 8.75. The van der Waals surface area contributed by atoms with E-state index in [1.807, 2.05) is 6.07 Å². The van der Waals surface area contributed by atoms with E-state index in [1.54, 1.807) is 31.2 Å². The van der Waals surface area contributed by atoms with Crippen molar-refractivity contribution in [3.05, 3.63) is 29.8 Å². The predicted octanol–water partition coefficient (Wildman–Crippen LogP) is 1.37. The largest absolute Gasteiger partial charge is 0.497 e. The van der Waals surface area contributed by atoms with Crippen LogP contribution >= 0.6 is 0 Å². The Kier molecular flexibility index (Phi) is 5.13. The Morgan fingerprint density at radius 3 is 2.72 bits per heavy atom. The maximum Gasteiger partial charge on any atom is 0.219 e. The molecule has 0 unspecified atom stereocenters. The molecule has 18 heavy (non-hydrogen) atoms. The maximum atomic E-state index is 12.1. The molecule has 0 spiro atoms. The molecule has 0 N–H and O–H groups in total. The Morgan fingerprint density at radius 2 is 2.17 bits per heavy atom. The zero-order chi connectivity index (χ0) is 13.6. The van der Waals surface area contributed by atoms with Crippen LogP contribution in [-0.2, 0) is 15.8 Å². The van der Waals surface area contributed by atoms with Crippen LogP contribution in [-0.4, -0.2) is 32.9 Å². The zero-order valence-corrected chi connectivity index (χ0v) is 11.3. The van der Waals surface area contributed by atoms with Gasteiger partial charge in [-0.25, -0.2) is 8.42 Å². The van der Waals surface area contributed by atoms with Crippen LogP contribution in [0.25, 0.3) is 0 Å². The third-order valence-electron chi connectivity index (χ3n) is 2.48. The number of nitrogens with zero attached hydrogens (tertiary/aromatic N) is 2. The molecule has 0 radical (unpaired) electrons. The minimum absolute atomic E-state index is 0.122. The lowest BCUT2D eigenvalue weighted by Gasteiger charge is -2.17. The Hall–Kier alpha value is -1.58. The van der Waals surface area contributed by atoms with Crippen molar-refractivity contribution in [2.24, 2.45) is 0 Å². The van der Waals surface area contributed by atoms with E-state index < -0.39 is 10.0 Å². The molecule has 0 saturated carbocycles. The van der Waals surface area contributed by atoms with Crippen molar-refractivity contribution >= 4 is 10.0 Å². The average molecular weight is 268 g/mol. The number of hydrogen-bond acceptors (Lipinski definition) is 4. The van der Waals surface area contributed by atoms with E-state index >= 15 is 0 Å². The summed E-state index contributed by atoms with van der Waals surface area (Å²) in [5, 5.41) is 8.60. The van der Waals surface area contributed by atoms with Crippen molar-refractivity contribution in [3.8, 4) is 11.8 Å². The molecule has 6 heteroatoms. The topological polar surface area (TPSA) is 70.4 Å². The van der Waals surface area contributed by atoms with Crippen molar-refractivity contribution in [1.29, 1.82) is 5.26 Å². The van der Waals surface area contributed by atoms with Gasteiger partial charge in [0.05, 0.1) is 18.9 Å². The third kappa shape index (κ3) is 3.72. The molecule has 0 amide bonds. The molecule has 0 aliphatic heterocycles. The van der Waals surface area contributed by atoms with Gasteiger partial charge in [-0.15, -0.1) is 0 Å². The fourth-order valence-corrected chi connectivity index (χ4v) is 2.98. The first-order valence-electron chi connectivity index (χ1n) is 5.51. The van der Waals surface area contributed by atoms with Crippen LogP contribution in [0.2, 0.25) is 0 Å². The quantitative estimate of drug-likeness (QED) is 0.731. The van der Waals surface area contributed by atoms with Gasteiger partial charge in [0.2, 0.25) is 10.0 Å². The molecule has 0 heterocycles. The van der Waals surface area contributed by atoms with Crippen LogP contribution in [0, 0.1) is 11.3 Å². The fourth-order valence-electron chi connectivity index (χ4n) is 1.55. The molecule has 1 rings (SSSR count). The van der Waals surface area contributed by atoms with Gasteiger partial charge in [0.15, 0.2) is 0 Å². The first-order valence-corrected chi connectivity index (χ1v) is 7.12. The van der Waals surface area contributed by atoms with Crippen LogP contribution < -0.4 is 4.74 Å². The molecular formula is C12H16N2O3S. The standard InChI is InChI=1S/C12H16N2O3S/c1-3-14(8-7-13)18(15,16)10-11-5-4-6-12(9-11)17-2/h4-6,9H,3,8,10H2,1-2H3. The number of hydrogen-bond donors (Lipinski definition) is 0. The first-order chi connectivity index (χ1) is 8.53. The van der Waals surface area contributed by atoms with Crippen LogP contribution in [0.15, 0.2) is 24.3 Å². The number of sulfonamides is 1. The summed E-state index contributed by atoms with van der Waals surface area (Å²) in [6.45, 7) is 1.88. The molecular weight excluding hydrogens is 252 g/mol. The van der Waals surface area contributed by atoms with Crippen molar-refractivity contribution < 1.29 is 13.2 Å². The summed E-state index contributed by atoms with van der Waals surface area (Å²) < 4.78 is 30.3. The van der Waals surface area contributed by atoms with Gasteiger partial charge in [0, 0.05) is 6.54 Å². The van der Waals surface area contributed by atoms with E-state index in [4.69, 9.17) is 10.00 Å². The van der Waals surface area contributed by atoms with Gasteiger partial charge in [0.25, 0.3) is 0 Å². The minimum atomic E-state index is -3.46. The normalized spacial score (nSPS) is 11.2. The van der Waals surface area contributed by atoms with E-state index in [0.717, 1.165) is 4.31 Å². The summed E-state index contributed by atoms with van der Waals surface area (Å²) in [5.41, 5.74) is 0.644. The fraction of sp³-hybridized carbons (Fsp3) is 0.417. The van der Waals surface area contributed by atoms with Gasteiger partial charge in [-0.2, -0.15) is 9.57 Å². The van der Waals surface area contributed by atoms with Gasteiger partial charge in [0.1, 0.15) is 12.3 Å². The van der Waals surface area contributed by atoms with Crippen LogP contribution in [0.3, 0.4) is 0 Å². The number of nitriles is 1. The van der Waals surface area contributed by atoms with Crippen molar-refractivity contribution in [2.75, 3.05) is 20.2 Å². The summed E-state index contributed by atoms with van der Waals surface area (Å²) in [7, 11) is -1.93. The van der Waals surface area contributed by atoms with E-state index in [0.29, 0.717) is 17.9 Å². The summed E-state index contributed by atoms with van der Waals surface area (Å²) in [6.07, 6.45) is 0.